The maximum Gasteiger partial charge on any atom is 0.193 e. The van der Waals surface area contributed by atoms with Gasteiger partial charge in [0.2, 0.25) is 0 Å². The van der Waals surface area contributed by atoms with Gasteiger partial charge >= 0.3 is 0 Å². The summed E-state index contributed by atoms with van der Waals surface area (Å²) in [7, 11) is 3.24. The topological polar surface area (TPSA) is 48.7 Å². The highest BCUT2D eigenvalue weighted by atomic mass is 16.5. The molecule has 0 bridgehead atoms. The first-order chi connectivity index (χ1) is 10.7. The minimum absolute atomic E-state index is 0.0648. The van der Waals surface area contributed by atoms with E-state index in [1.807, 2.05) is 36.4 Å². The van der Waals surface area contributed by atoms with Gasteiger partial charge in [-0.15, -0.1) is 0 Å². The summed E-state index contributed by atoms with van der Waals surface area (Å²) in [4.78, 5) is 12.3. The van der Waals surface area contributed by atoms with Crippen LogP contribution in [0.2, 0.25) is 0 Å². The maximum atomic E-state index is 12.3. The van der Waals surface area contributed by atoms with E-state index in [2.05, 4.69) is 0 Å². The Labute approximate surface area is 127 Å². The van der Waals surface area contributed by atoms with E-state index in [0.717, 1.165) is 16.9 Å². The molecule has 0 amide bonds. The van der Waals surface area contributed by atoms with Crippen LogP contribution in [0, 0.1) is 0 Å². The van der Waals surface area contributed by atoms with Crippen molar-refractivity contribution in [2.45, 2.75) is 6.61 Å². The highest BCUT2D eigenvalue weighted by molar-refractivity contribution is 5.79. The van der Waals surface area contributed by atoms with E-state index in [1.54, 1.807) is 20.3 Å². The molecule has 0 aliphatic heterocycles. The number of benzene rings is 2. The zero-order chi connectivity index (χ0) is 15.5. The molecule has 4 heteroatoms. The molecule has 0 spiro atoms. The lowest BCUT2D eigenvalue weighted by Crippen LogP contribution is -2.01. The van der Waals surface area contributed by atoms with Crippen molar-refractivity contribution in [3.8, 4) is 17.1 Å². The highest BCUT2D eigenvalue weighted by Crippen LogP contribution is 2.24. The molecule has 0 atom stereocenters. The second kappa shape index (κ2) is 6.03. The monoisotopic (exact) mass is 296 g/mol. The summed E-state index contributed by atoms with van der Waals surface area (Å²) < 4.78 is 16.1. The number of methoxy groups -OCH3 is 2. The van der Waals surface area contributed by atoms with Crippen LogP contribution < -0.4 is 10.2 Å². The molecule has 0 saturated carbocycles. The molecule has 0 N–H and O–H groups in total. The van der Waals surface area contributed by atoms with Crippen molar-refractivity contribution in [3.05, 3.63) is 64.3 Å². The molecule has 0 aliphatic carbocycles. The molecular formula is C18H16O4. The molecule has 3 rings (SSSR count). The molecule has 4 nitrogen and oxygen atoms in total. The average Bonchev–Trinajstić information content (AvgIpc) is 2.55. The molecular weight excluding hydrogens is 280 g/mol. The van der Waals surface area contributed by atoms with E-state index in [9.17, 15) is 4.79 Å². The fourth-order valence-corrected chi connectivity index (χ4v) is 2.36. The second-order valence-electron chi connectivity index (χ2n) is 4.97. The zero-order valence-corrected chi connectivity index (χ0v) is 12.5. The largest absolute Gasteiger partial charge is 0.497 e. The van der Waals surface area contributed by atoms with Crippen LogP contribution in [-0.4, -0.2) is 14.2 Å². The van der Waals surface area contributed by atoms with Gasteiger partial charge < -0.3 is 13.9 Å². The molecule has 3 aromatic rings. The highest BCUT2D eigenvalue weighted by Gasteiger charge is 2.08. The molecule has 0 fully saturated rings. The Morgan fingerprint density at radius 1 is 1.00 bits per heavy atom. The van der Waals surface area contributed by atoms with Gasteiger partial charge in [-0.1, -0.05) is 6.07 Å². The number of hydrogen-bond acceptors (Lipinski definition) is 4. The zero-order valence-electron chi connectivity index (χ0n) is 12.5. The molecule has 0 saturated heterocycles. The molecule has 2 aromatic carbocycles. The molecule has 0 radical (unpaired) electrons. The van der Waals surface area contributed by atoms with Crippen LogP contribution in [0.15, 0.2) is 57.7 Å². The quantitative estimate of drug-likeness (QED) is 0.738. The van der Waals surface area contributed by atoms with E-state index in [4.69, 9.17) is 13.9 Å². The third-order valence-electron chi connectivity index (χ3n) is 3.48. The molecule has 1 aromatic heterocycles. The Morgan fingerprint density at radius 3 is 2.45 bits per heavy atom. The summed E-state index contributed by atoms with van der Waals surface area (Å²) in [5, 5.41) is 0.562. The summed E-state index contributed by atoms with van der Waals surface area (Å²) in [6.07, 6.45) is 0. The standard InChI is InChI=1S/C18H16O4/c1-20-11-12-3-8-17-15(9-12)16(19)10-18(22-17)13-4-6-14(21-2)7-5-13/h3-10H,11H2,1-2H3. The lowest BCUT2D eigenvalue weighted by atomic mass is 10.1. The SMILES string of the molecule is COCc1ccc2oc(-c3ccc(OC)cc3)cc(=O)c2c1. The van der Waals surface area contributed by atoms with Gasteiger partial charge in [-0.25, -0.2) is 0 Å². The maximum absolute atomic E-state index is 12.3. The van der Waals surface area contributed by atoms with Crippen LogP contribution in [0.1, 0.15) is 5.56 Å². The molecule has 0 aliphatic rings. The summed E-state index contributed by atoms with van der Waals surface area (Å²) in [5.41, 5.74) is 2.28. The van der Waals surface area contributed by atoms with E-state index < -0.39 is 0 Å². The van der Waals surface area contributed by atoms with Crippen molar-refractivity contribution in [3.63, 3.8) is 0 Å². The first-order valence-corrected chi connectivity index (χ1v) is 6.91. The van der Waals surface area contributed by atoms with Crippen molar-refractivity contribution in [2.75, 3.05) is 14.2 Å². The molecule has 0 unspecified atom stereocenters. The Morgan fingerprint density at radius 2 is 1.77 bits per heavy atom. The van der Waals surface area contributed by atoms with Gasteiger partial charge in [0, 0.05) is 18.7 Å². The van der Waals surface area contributed by atoms with Crippen molar-refractivity contribution in [2.24, 2.45) is 0 Å². The summed E-state index contributed by atoms with van der Waals surface area (Å²) in [5.74, 6) is 1.30. The Kier molecular flexibility index (Phi) is 3.94. The number of hydrogen-bond donors (Lipinski definition) is 0. The van der Waals surface area contributed by atoms with Gasteiger partial charge in [-0.05, 0) is 42.0 Å². The van der Waals surface area contributed by atoms with Gasteiger partial charge in [-0.3, -0.25) is 4.79 Å². The van der Waals surface area contributed by atoms with Gasteiger partial charge in [0.15, 0.2) is 5.43 Å². The number of rotatable bonds is 4. The average molecular weight is 296 g/mol. The van der Waals surface area contributed by atoms with Crippen LogP contribution in [0.25, 0.3) is 22.3 Å². The Balaban J connectivity index is 2.08. The van der Waals surface area contributed by atoms with E-state index >= 15 is 0 Å². The Bertz CT molecular complexity index is 847. The first kappa shape index (κ1) is 14.4. The van der Waals surface area contributed by atoms with Crippen LogP contribution in [0.3, 0.4) is 0 Å². The summed E-state index contributed by atoms with van der Waals surface area (Å²) in [6, 6.07) is 14.4. The summed E-state index contributed by atoms with van der Waals surface area (Å²) in [6.45, 7) is 0.468. The van der Waals surface area contributed by atoms with Crippen LogP contribution in [-0.2, 0) is 11.3 Å². The lowest BCUT2D eigenvalue weighted by molar-refractivity contribution is 0.185. The Hall–Kier alpha value is -2.59. The third-order valence-corrected chi connectivity index (χ3v) is 3.48. The molecule has 1 heterocycles. The van der Waals surface area contributed by atoms with Gasteiger partial charge in [0.1, 0.15) is 17.1 Å². The fourth-order valence-electron chi connectivity index (χ4n) is 2.36. The van der Waals surface area contributed by atoms with Gasteiger partial charge in [0.25, 0.3) is 0 Å². The smallest absolute Gasteiger partial charge is 0.193 e. The molecule has 22 heavy (non-hydrogen) atoms. The first-order valence-electron chi connectivity index (χ1n) is 6.91. The summed E-state index contributed by atoms with van der Waals surface area (Å²) >= 11 is 0. The van der Waals surface area contributed by atoms with Crippen molar-refractivity contribution < 1.29 is 13.9 Å². The predicted octanol–water partition coefficient (Wildman–Crippen LogP) is 3.62. The number of ether oxygens (including phenoxy) is 2. The van der Waals surface area contributed by atoms with Crippen LogP contribution in [0.4, 0.5) is 0 Å². The fraction of sp³-hybridized carbons (Fsp3) is 0.167. The minimum atomic E-state index is -0.0648. The minimum Gasteiger partial charge on any atom is -0.497 e. The van der Waals surface area contributed by atoms with Crippen LogP contribution >= 0.6 is 0 Å². The predicted molar refractivity (Wildman–Crippen MR) is 85.2 cm³/mol. The number of fused-ring (bicyclic) bond motifs is 1. The third kappa shape index (κ3) is 2.73. The van der Waals surface area contributed by atoms with E-state index in [-0.39, 0.29) is 5.43 Å². The second-order valence-corrected chi connectivity index (χ2v) is 4.97. The molecule has 112 valence electrons. The van der Waals surface area contributed by atoms with E-state index in [0.29, 0.717) is 23.3 Å². The van der Waals surface area contributed by atoms with Crippen molar-refractivity contribution >= 4 is 11.0 Å². The van der Waals surface area contributed by atoms with Crippen molar-refractivity contribution in [1.82, 2.24) is 0 Å². The normalized spacial score (nSPS) is 10.8. The van der Waals surface area contributed by atoms with Gasteiger partial charge in [0.05, 0.1) is 19.1 Å². The van der Waals surface area contributed by atoms with Crippen molar-refractivity contribution in [1.29, 1.82) is 0 Å². The van der Waals surface area contributed by atoms with Crippen LogP contribution in [0.5, 0.6) is 5.75 Å². The van der Waals surface area contributed by atoms with E-state index in [1.165, 1.54) is 6.07 Å². The lowest BCUT2D eigenvalue weighted by Gasteiger charge is -2.06. The van der Waals surface area contributed by atoms with Gasteiger partial charge in [-0.2, -0.15) is 0 Å².